The number of aliphatic carboxylic acids is 1. The highest BCUT2D eigenvalue weighted by Crippen LogP contribution is 2.27. The standard InChI is InChI=1S/C13H17FN2O2/c1-15-13(12(17)18)6-8-16(9-7-13)11-5-3-2-4-10(11)14/h2-5,15H,6-9H2,1H3,(H,17,18). The molecule has 4 nitrogen and oxygen atoms in total. The van der Waals surface area contributed by atoms with Gasteiger partial charge in [0.05, 0.1) is 5.69 Å². The normalized spacial score (nSPS) is 18.7. The fourth-order valence-corrected chi connectivity index (χ4v) is 2.41. The number of likely N-dealkylation sites (N-methyl/N-ethyl adjacent to an activating group) is 1. The fraction of sp³-hybridized carbons (Fsp3) is 0.462. The summed E-state index contributed by atoms with van der Waals surface area (Å²) in [6.45, 7) is 1.07. The lowest BCUT2D eigenvalue weighted by molar-refractivity contribution is -0.145. The van der Waals surface area contributed by atoms with Crippen molar-refractivity contribution in [3.63, 3.8) is 0 Å². The number of carbonyl (C=O) groups is 1. The topological polar surface area (TPSA) is 52.6 Å². The Kier molecular flexibility index (Phi) is 3.52. The van der Waals surface area contributed by atoms with Crippen LogP contribution < -0.4 is 10.2 Å². The summed E-state index contributed by atoms with van der Waals surface area (Å²) in [5.74, 6) is -1.09. The number of carboxylic acids is 1. The molecule has 0 aliphatic carbocycles. The van der Waals surface area contributed by atoms with Gasteiger partial charge >= 0.3 is 5.97 Å². The number of para-hydroxylation sites is 1. The monoisotopic (exact) mass is 252 g/mol. The number of hydrogen-bond donors (Lipinski definition) is 2. The molecule has 2 N–H and O–H groups in total. The number of piperidine rings is 1. The zero-order valence-electron chi connectivity index (χ0n) is 10.3. The Labute approximate surface area is 105 Å². The molecule has 1 aliphatic heterocycles. The van der Waals surface area contributed by atoms with Crippen LogP contribution in [0.1, 0.15) is 12.8 Å². The lowest BCUT2D eigenvalue weighted by Gasteiger charge is -2.39. The summed E-state index contributed by atoms with van der Waals surface area (Å²) >= 11 is 0. The smallest absolute Gasteiger partial charge is 0.324 e. The number of carboxylic acid groups (broad SMARTS) is 1. The van der Waals surface area contributed by atoms with Gasteiger partial charge in [0, 0.05) is 13.1 Å². The zero-order valence-corrected chi connectivity index (χ0v) is 10.3. The molecule has 1 saturated heterocycles. The molecule has 0 radical (unpaired) electrons. The maximum atomic E-state index is 13.6. The minimum Gasteiger partial charge on any atom is -0.480 e. The van der Waals surface area contributed by atoms with E-state index in [1.165, 1.54) is 6.07 Å². The molecular formula is C13H17FN2O2. The highest BCUT2D eigenvalue weighted by molar-refractivity contribution is 5.79. The van der Waals surface area contributed by atoms with Crippen LogP contribution in [0.4, 0.5) is 10.1 Å². The van der Waals surface area contributed by atoms with Crippen molar-refractivity contribution >= 4 is 11.7 Å². The number of halogens is 1. The van der Waals surface area contributed by atoms with Crippen LogP contribution in [0.25, 0.3) is 0 Å². The zero-order chi connectivity index (χ0) is 13.2. The Morgan fingerprint density at radius 3 is 2.50 bits per heavy atom. The molecule has 0 aromatic heterocycles. The molecule has 1 heterocycles. The number of nitrogens with one attached hydrogen (secondary N) is 1. The lowest BCUT2D eigenvalue weighted by atomic mass is 9.87. The third-order valence-corrected chi connectivity index (χ3v) is 3.70. The van der Waals surface area contributed by atoms with Crippen LogP contribution in [-0.4, -0.2) is 36.8 Å². The van der Waals surface area contributed by atoms with Crippen molar-refractivity contribution in [3.05, 3.63) is 30.1 Å². The largest absolute Gasteiger partial charge is 0.480 e. The van der Waals surface area contributed by atoms with E-state index in [0.717, 1.165) is 0 Å². The number of anilines is 1. The summed E-state index contributed by atoms with van der Waals surface area (Å²) in [5.41, 5.74) is -0.325. The summed E-state index contributed by atoms with van der Waals surface area (Å²) < 4.78 is 13.6. The minimum atomic E-state index is -0.873. The number of nitrogens with zero attached hydrogens (tertiary/aromatic N) is 1. The van der Waals surface area contributed by atoms with Crippen molar-refractivity contribution in [1.82, 2.24) is 5.32 Å². The van der Waals surface area contributed by atoms with Gasteiger partial charge in [0.25, 0.3) is 0 Å². The molecule has 1 fully saturated rings. The van der Waals surface area contributed by atoms with Crippen LogP contribution in [0, 0.1) is 5.82 Å². The van der Waals surface area contributed by atoms with Crippen molar-refractivity contribution in [2.24, 2.45) is 0 Å². The SMILES string of the molecule is CNC1(C(=O)O)CCN(c2ccccc2F)CC1. The third-order valence-electron chi connectivity index (χ3n) is 3.70. The number of hydrogen-bond acceptors (Lipinski definition) is 3. The molecule has 0 saturated carbocycles. The molecule has 1 aliphatic rings. The number of benzene rings is 1. The predicted octanol–water partition coefficient (Wildman–Crippen LogP) is 1.47. The quantitative estimate of drug-likeness (QED) is 0.855. The van der Waals surface area contributed by atoms with Crippen LogP contribution in [-0.2, 0) is 4.79 Å². The highest BCUT2D eigenvalue weighted by atomic mass is 19.1. The van der Waals surface area contributed by atoms with E-state index in [0.29, 0.717) is 31.6 Å². The maximum Gasteiger partial charge on any atom is 0.324 e. The van der Waals surface area contributed by atoms with Crippen molar-refractivity contribution in [2.45, 2.75) is 18.4 Å². The molecule has 1 aromatic carbocycles. The summed E-state index contributed by atoms with van der Waals surface area (Å²) in [6, 6.07) is 6.59. The summed E-state index contributed by atoms with van der Waals surface area (Å²) in [6.07, 6.45) is 0.931. The average Bonchev–Trinajstić information content (AvgIpc) is 2.39. The van der Waals surface area contributed by atoms with Crippen LogP contribution >= 0.6 is 0 Å². The second-order valence-corrected chi connectivity index (χ2v) is 4.58. The van der Waals surface area contributed by atoms with Gasteiger partial charge in [-0.25, -0.2) is 4.39 Å². The second-order valence-electron chi connectivity index (χ2n) is 4.58. The van der Waals surface area contributed by atoms with E-state index in [9.17, 15) is 14.3 Å². The molecule has 98 valence electrons. The predicted molar refractivity (Wildman–Crippen MR) is 67.3 cm³/mol. The first-order valence-electron chi connectivity index (χ1n) is 6.01. The first-order valence-corrected chi connectivity index (χ1v) is 6.01. The minimum absolute atomic E-state index is 0.259. The Bertz CT molecular complexity index is 442. The van der Waals surface area contributed by atoms with Gasteiger partial charge in [-0.2, -0.15) is 0 Å². The molecule has 0 amide bonds. The van der Waals surface area contributed by atoms with E-state index < -0.39 is 11.5 Å². The lowest BCUT2D eigenvalue weighted by Crippen LogP contribution is -2.57. The van der Waals surface area contributed by atoms with Crippen molar-refractivity contribution in [3.8, 4) is 0 Å². The Morgan fingerprint density at radius 2 is 2.00 bits per heavy atom. The van der Waals surface area contributed by atoms with E-state index in [4.69, 9.17) is 0 Å². The summed E-state index contributed by atoms with van der Waals surface area (Å²) in [5, 5.41) is 12.1. The summed E-state index contributed by atoms with van der Waals surface area (Å²) in [4.78, 5) is 13.2. The average molecular weight is 252 g/mol. The first-order chi connectivity index (χ1) is 8.59. The third kappa shape index (κ3) is 2.18. The molecule has 0 bridgehead atoms. The van der Waals surface area contributed by atoms with Crippen LogP contribution in [0.2, 0.25) is 0 Å². The van der Waals surface area contributed by atoms with Gasteiger partial charge in [-0.1, -0.05) is 12.1 Å². The second kappa shape index (κ2) is 4.94. The van der Waals surface area contributed by atoms with Gasteiger partial charge in [-0.3, -0.25) is 4.79 Å². The summed E-state index contributed by atoms with van der Waals surface area (Å²) in [7, 11) is 1.66. The molecule has 5 heteroatoms. The van der Waals surface area contributed by atoms with E-state index >= 15 is 0 Å². The number of rotatable bonds is 3. The van der Waals surface area contributed by atoms with Gasteiger partial charge in [-0.15, -0.1) is 0 Å². The Hall–Kier alpha value is -1.62. The molecular weight excluding hydrogens is 235 g/mol. The van der Waals surface area contributed by atoms with Crippen LogP contribution in [0.15, 0.2) is 24.3 Å². The molecule has 18 heavy (non-hydrogen) atoms. The van der Waals surface area contributed by atoms with E-state index in [-0.39, 0.29) is 5.82 Å². The Balaban J connectivity index is 2.11. The van der Waals surface area contributed by atoms with Crippen molar-refractivity contribution in [1.29, 1.82) is 0 Å². The molecule has 2 rings (SSSR count). The van der Waals surface area contributed by atoms with Gasteiger partial charge in [0.1, 0.15) is 11.4 Å². The molecule has 0 spiro atoms. The molecule has 0 atom stereocenters. The van der Waals surface area contributed by atoms with Gasteiger partial charge < -0.3 is 15.3 Å². The highest BCUT2D eigenvalue weighted by Gasteiger charge is 2.40. The van der Waals surface area contributed by atoms with Gasteiger partial charge in [0.2, 0.25) is 0 Å². The van der Waals surface area contributed by atoms with E-state index in [1.807, 2.05) is 4.90 Å². The van der Waals surface area contributed by atoms with Crippen LogP contribution in [0.3, 0.4) is 0 Å². The fourth-order valence-electron chi connectivity index (χ4n) is 2.41. The van der Waals surface area contributed by atoms with E-state index in [1.54, 1.807) is 25.2 Å². The van der Waals surface area contributed by atoms with Crippen LogP contribution in [0.5, 0.6) is 0 Å². The van der Waals surface area contributed by atoms with E-state index in [2.05, 4.69) is 5.32 Å². The maximum absolute atomic E-state index is 13.6. The van der Waals surface area contributed by atoms with Gasteiger partial charge in [-0.05, 0) is 32.0 Å². The van der Waals surface area contributed by atoms with Crippen molar-refractivity contribution < 1.29 is 14.3 Å². The van der Waals surface area contributed by atoms with Gasteiger partial charge in [0.15, 0.2) is 0 Å². The van der Waals surface area contributed by atoms with Crippen molar-refractivity contribution in [2.75, 3.05) is 25.0 Å². The molecule has 1 aromatic rings. The molecule has 0 unspecified atom stereocenters. The first kappa shape index (κ1) is 12.8. The Morgan fingerprint density at radius 1 is 1.39 bits per heavy atom.